The monoisotopic (exact) mass is 400 g/mol. The van der Waals surface area contributed by atoms with Crippen LogP contribution in [0.1, 0.15) is 21.8 Å². The summed E-state index contributed by atoms with van der Waals surface area (Å²) in [7, 11) is -3.68. The standard InChI is InChI=1S/C16H20N4O4S.ClH/c1-11-15(12(2)24-18-11)25(22,23)20-9-7-19(8-10-20)16(21)13-3-5-14(17)6-4-13;/h3-6H,7-10,17H2,1-2H3;1H. The van der Waals surface area contributed by atoms with Gasteiger partial charge >= 0.3 is 0 Å². The van der Waals surface area contributed by atoms with Gasteiger partial charge in [0.1, 0.15) is 10.6 Å². The van der Waals surface area contributed by atoms with Crippen molar-refractivity contribution in [3.8, 4) is 0 Å². The number of carbonyl (C=O) groups excluding carboxylic acids is 1. The van der Waals surface area contributed by atoms with Gasteiger partial charge in [-0.25, -0.2) is 8.42 Å². The van der Waals surface area contributed by atoms with Crippen LogP contribution in [0.25, 0.3) is 0 Å². The number of hydrogen-bond donors (Lipinski definition) is 1. The van der Waals surface area contributed by atoms with E-state index in [0.29, 0.717) is 30.0 Å². The van der Waals surface area contributed by atoms with Crippen LogP contribution in [0.2, 0.25) is 0 Å². The molecule has 10 heteroatoms. The van der Waals surface area contributed by atoms with Crippen molar-refractivity contribution in [2.75, 3.05) is 31.9 Å². The number of halogens is 1. The van der Waals surface area contributed by atoms with Gasteiger partial charge in [0.2, 0.25) is 10.0 Å². The number of carbonyl (C=O) groups is 1. The first-order valence-corrected chi connectivity index (χ1v) is 9.32. The molecule has 0 bridgehead atoms. The number of nitrogens with two attached hydrogens (primary N) is 1. The Morgan fingerprint density at radius 2 is 1.69 bits per heavy atom. The highest BCUT2D eigenvalue weighted by Gasteiger charge is 2.34. The summed E-state index contributed by atoms with van der Waals surface area (Å²) in [5.41, 5.74) is 7.10. The Labute approximate surface area is 158 Å². The zero-order chi connectivity index (χ0) is 18.2. The zero-order valence-electron chi connectivity index (χ0n) is 14.5. The van der Waals surface area contributed by atoms with E-state index in [1.165, 1.54) is 4.31 Å². The molecule has 2 N–H and O–H groups in total. The van der Waals surface area contributed by atoms with E-state index in [4.69, 9.17) is 10.3 Å². The first-order chi connectivity index (χ1) is 11.8. The van der Waals surface area contributed by atoms with Crippen LogP contribution in [-0.2, 0) is 10.0 Å². The first-order valence-electron chi connectivity index (χ1n) is 7.88. The van der Waals surface area contributed by atoms with Crippen LogP contribution in [0.15, 0.2) is 33.7 Å². The van der Waals surface area contributed by atoms with Crippen molar-refractivity contribution in [1.29, 1.82) is 0 Å². The van der Waals surface area contributed by atoms with Gasteiger partial charge in [0.15, 0.2) is 5.76 Å². The smallest absolute Gasteiger partial charge is 0.253 e. The lowest BCUT2D eigenvalue weighted by molar-refractivity contribution is 0.0698. The number of piperazine rings is 1. The molecular formula is C16H21ClN4O4S. The van der Waals surface area contributed by atoms with E-state index in [-0.39, 0.29) is 42.1 Å². The van der Waals surface area contributed by atoms with Gasteiger partial charge < -0.3 is 15.2 Å². The number of nitrogens with zero attached hydrogens (tertiary/aromatic N) is 3. The van der Waals surface area contributed by atoms with Gasteiger partial charge in [0.25, 0.3) is 5.91 Å². The third kappa shape index (κ3) is 3.69. The Balaban J connectivity index is 0.00000243. The maximum atomic E-state index is 12.8. The number of rotatable bonds is 3. The first kappa shape index (κ1) is 20.2. The summed E-state index contributed by atoms with van der Waals surface area (Å²) in [5.74, 6) is 0.146. The summed E-state index contributed by atoms with van der Waals surface area (Å²) >= 11 is 0. The number of amides is 1. The second-order valence-corrected chi connectivity index (χ2v) is 7.85. The van der Waals surface area contributed by atoms with E-state index in [1.807, 2.05) is 0 Å². The minimum atomic E-state index is -3.68. The van der Waals surface area contributed by atoms with Crippen LogP contribution in [0.4, 0.5) is 5.69 Å². The molecule has 0 saturated carbocycles. The van der Waals surface area contributed by atoms with E-state index in [9.17, 15) is 13.2 Å². The molecule has 1 saturated heterocycles. The van der Waals surface area contributed by atoms with Crippen molar-refractivity contribution in [3.63, 3.8) is 0 Å². The van der Waals surface area contributed by atoms with Crippen molar-refractivity contribution in [2.45, 2.75) is 18.7 Å². The van der Waals surface area contributed by atoms with Gasteiger partial charge in [-0.2, -0.15) is 4.31 Å². The Kier molecular flexibility index (Phi) is 5.94. The largest absolute Gasteiger partial charge is 0.399 e. The number of nitrogen functional groups attached to an aromatic ring is 1. The number of hydrogen-bond acceptors (Lipinski definition) is 6. The maximum Gasteiger partial charge on any atom is 0.253 e. The highest BCUT2D eigenvalue weighted by molar-refractivity contribution is 7.89. The SMILES string of the molecule is Cc1noc(C)c1S(=O)(=O)N1CCN(C(=O)c2ccc(N)cc2)CC1.Cl. The summed E-state index contributed by atoms with van der Waals surface area (Å²) in [6.07, 6.45) is 0. The van der Waals surface area contributed by atoms with Gasteiger partial charge in [-0.1, -0.05) is 5.16 Å². The molecule has 26 heavy (non-hydrogen) atoms. The molecule has 0 aliphatic carbocycles. The van der Waals surface area contributed by atoms with Gasteiger partial charge in [0, 0.05) is 37.4 Å². The van der Waals surface area contributed by atoms with Crippen molar-refractivity contribution < 1.29 is 17.7 Å². The van der Waals surface area contributed by atoms with Gasteiger partial charge in [-0.3, -0.25) is 4.79 Å². The lowest BCUT2D eigenvalue weighted by atomic mass is 10.1. The van der Waals surface area contributed by atoms with Gasteiger partial charge in [-0.05, 0) is 38.1 Å². The summed E-state index contributed by atoms with van der Waals surface area (Å²) < 4.78 is 31.9. The van der Waals surface area contributed by atoms with Crippen molar-refractivity contribution in [3.05, 3.63) is 41.3 Å². The van der Waals surface area contributed by atoms with Crippen LogP contribution in [0.3, 0.4) is 0 Å². The predicted octanol–water partition coefficient (Wildman–Crippen LogP) is 1.44. The summed E-state index contributed by atoms with van der Waals surface area (Å²) in [6, 6.07) is 6.69. The van der Waals surface area contributed by atoms with Crippen LogP contribution in [0.5, 0.6) is 0 Å². The number of anilines is 1. The average Bonchev–Trinajstić information content (AvgIpc) is 2.94. The van der Waals surface area contributed by atoms with E-state index < -0.39 is 10.0 Å². The fourth-order valence-corrected chi connectivity index (χ4v) is 4.63. The molecule has 1 aromatic carbocycles. The van der Waals surface area contributed by atoms with E-state index >= 15 is 0 Å². The van der Waals surface area contributed by atoms with Crippen LogP contribution in [0, 0.1) is 13.8 Å². The molecular weight excluding hydrogens is 380 g/mol. The lowest BCUT2D eigenvalue weighted by Gasteiger charge is -2.34. The summed E-state index contributed by atoms with van der Waals surface area (Å²) in [5, 5.41) is 3.71. The minimum absolute atomic E-state index is 0. The number of sulfonamides is 1. The van der Waals surface area contributed by atoms with E-state index in [0.717, 1.165) is 0 Å². The predicted molar refractivity (Wildman–Crippen MR) is 98.7 cm³/mol. The van der Waals surface area contributed by atoms with Gasteiger partial charge in [0.05, 0.1) is 0 Å². The highest BCUT2D eigenvalue weighted by Crippen LogP contribution is 2.24. The molecule has 8 nitrogen and oxygen atoms in total. The Morgan fingerprint density at radius 3 is 2.19 bits per heavy atom. The zero-order valence-corrected chi connectivity index (χ0v) is 16.1. The summed E-state index contributed by atoms with van der Waals surface area (Å²) in [6.45, 7) is 4.29. The molecule has 3 rings (SSSR count). The van der Waals surface area contributed by atoms with Crippen molar-refractivity contribution in [1.82, 2.24) is 14.4 Å². The van der Waals surface area contributed by atoms with E-state index in [2.05, 4.69) is 5.16 Å². The molecule has 2 aromatic rings. The molecule has 1 aromatic heterocycles. The van der Waals surface area contributed by atoms with Crippen LogP contribution < -0.4 is 5.73 Å². The molecule has 1 fully saturated rings. The quantitative estimate of drug-likeness (QED) is 0.780. The van der Waals surface area contributed by atoms with E-state index in [1.54, 1.807) is 43.0 Å². The van der Waals surface area contributed by atoms with Crippen molar-refractivity contribution >= 4 is 34.0 Å². The number of aromatic nitrogens is 1. The number of aryl methyl sites for hydroxylation is 2. The fourth-order valence-electron chi connectivity index (χ4n) is 2.91. The maximum absolute atomic E-state index is 12.8. The Hall–Kier alpha value is -2.10. The Morgan fingerprint density at radius 1 is 1.12 bits per heavy atom. The Bertz CT molecular complexity index is 868. The normalized spacial score (nSPS) is 15.5. The van der Waals surface area contributed by atoms with Crippen LogP contribution in [-0.4, -0.2) is 54.9 Å². The van der Waals surface area contributed by atoms with Crippen LogP contribution >= 0.6 is 12.4 Å². The third-order valence-electron chi connectivity index (χ3n) is 4.25. The third-order valence-corrected chi connectivity index (χ3v) is 6.39. The minimum Gasteiger partial charge on any atom is -0.399 e. The molecule has 1 amide bonds. The molecule has 142 valence electrons. The number of benzene rings is 1. The molecule has 1 aliphatic rings. The van der Waals surface area contributed by atoms with Crippen molar-refractivity contribution in [2.24, 2.45) is 0 Å². The topological polar surface area (TPSA) is 110 Å². The molecule has 1 aliphatic heterocycles. The summed E-state index contributed by atoms with van der Waals surface area (Å²) in [4.78, 5) is 14.3. The molecule has 2 heterocycles. The fraction of sp³-hybridized carbons (Fsp3) is 0.375. The molecule has 0 spiro atoms. The second-order valence-electron chi connectivity index (χ2n) is 5.97. The average molecular weight is 401 g/mol. The molecule has 0 atom stereocenters. The molecule has 0 unspecified atom stereocenters. The second kappa shape index (κ2) is 7.65. The lowest BCUT2D eigenvalue weighted by Crippen LogP contribution is -2.50. The molecule has 0 radical (unpaired) electrons. The van der Waals surface area contributed by atoms with Gasteiger partial charge in [-0.15, -0.1) is 12.4 Å². The highest BCUT2D eigenvalue weighted by atomic mass is 35.5.